The van der Waals surface area contributed by atoms with Crippen molar-refractivity contribution >= 4 is 32.8 Å². The number of hydrogen-bond acceptors (Lipinski definition) is 1. The molecule has 0 aliphatic rings. The molecule has 0 aliphatic carbocycles. The van der Waals surface area contributed by atoms with Crippen LogP contribution in [0.2, 0.25) is 0 Å². The van der Waals surface area contributed by atoms with Crippen LogP contribution in [0.5, 0.6) is 0 Å². The molecule has 0 saturated carbocycles. The van der Waals surface area contributed by atoms with Gasteiger partial charge in [-0.3, -0.25) is 0 Å². The highest BCUT2D eigenvalue weighted by Crippen LogP contribution is 2.16. The predicted molar refractivity (Wildman–Crippen MR) is 65.9 cm³/mol. The second kappa shape index (κ2) is 4.42. The lowest BCUT2D eigenvalue weighted by atomic mass is 10.2. The molecule has 16 heavy (non-hydrogen) atoms. The number of aromatic nitrogens is 1. The van der Waals surface area contributed by atoms with E-state index in [4.69, 9.17) is 5.11 Å². The smallest absolute Gasteiger partial charge is 0.352 e. The summed E-state index contributed by atoms with van der Waals surface area (Å²) in [5.41, 5.74) is 1.85. The molecule has 0 unspecified atom stereocenters. The molecule has 0 fully saturated rings. The Morgan fingerprint density at radius 2 is 2.25 bits per heavy atom. The van der Waals surface area contributed by atoms with Gasteiger partial charge >= 0.3 is 5.97 Å². The van der Waals surface area contributed by atoms with Gasteiger partial charge in [0.05, 0.1) is 5.33 Å². The van der Waals surface area contributed by atoms with E-state index in [1.807, 2.05) is 18.2 Å². The average Bonchev–Trinajstić information content (AvgIpc) is 2.69. The Morgan fingerprint density at radius 3 is 2.94 bits per heavy atom. The van der Waals surface area contributed by atoms with Crippen LogP contribution in [-0.2, 0) is 0 Å². The summed E-state index contributed by atoms with van der Waals surface area (Å²) in [5.74, 6) is 4.90. The standard InChI is InChI=1S/C12H8BrNO2/c13-5-1-2-8-3-4-9-7-11(12(15)16)14-10(9)6-8/h3-4,6-7,14H,5H2,(H,15,16). The maximum Gasteiger partial charge on any atom is 0.352 e. The van der Waals surface area contributed by atoms with E-state index >= 15 is 0 Å². The van der Waals surface area contributed by atoms with Crippen molar-refractivity contribution in [1.29, 1.82) is 0 Å². The Kier molecular flexibility index (Phi) is 2.97. The van der Waals surface area contributed by atoms with Gasteiger partial charge < -0.3 is 10.1 Å². The summed E-state index contributed by atoms with van der Waals surface area (Å²) in [4.78, 5) is 13.6. The van der Waals surface area contributed by atoms with E-state index in [-0.39, 0.29) is 5.69 Å². The summed E-state index contributed by atoms with van der Waals surface area (Å²) in [5, 5.41) is 10.3. The van der Waals surface area contributed by atoms with Gasteiger partial charge in [-0.2, -0.15) is 0 Å². The van der Waals surface area contributed by atoms with Gasteiger partial charge in [0.1, 0.15) is 5.69 Å². The highest BCUT2D eigenvalue weighted by Gasteiger charge is 2.06. The molecule has 2 N–H and O–H groups in total. The summed E-state index contributed by atoms with van der Waals surface area (Å²) in [6, 6.07) is 7.19. The van der Waals surface area contributed by atoms with Crippen molar-refractivity contribution in [2.45, 2.75) is 0 Å². The topological polar surface area (TPSA) is 53.1 Å². The lowest BCUT2D eigenvalue weighted by Crippen LogP contribution is -1.94. The Balaban J connectivity index is 2.49. The quantitative estimate of drug-likeness (QED) is 0.622. The van der Waals surface area contributed by atoms with Gasteiger partial charge in [-0.15, -0.1) is 0 Å². The molecule has 3 nitrogen and oxygen atoms in total. The van der Waals surface area contributed by atoms with Crippen LogP contribution in [0.25, 0.3) is 10.9 Å². The van der Waals surface area contributed by atoms with Crippen LogP contribution in [0.15, 0.2) is 24.3 Å². The number of rotatable bonds is 1. The molecule has 0 bridgehead atoms. The molecule has 0 atom stereocenters. The van der Waals surface area contributed by atoms with Gasteiger partial charge in [0, 0.05) is 16.5 Å². The second-order valence-electron chi connectivity index (χ2n) is 3.23. The minimum atomic E-state index is -0.954. The maximum atomic E-state index is 10.8. The molecule has 0 saturated heterocycles. The van der Waals surface area contributed by atoms with Crippen LogP contribution in [-0.4, -0.2) is 21.4 Å². The number of carboxylic acids is 1. The monoisotopic (exact) mass is 277 g/mol. The minimum absolute atomic E-state index is 0.195. The van der Waals surface area contributed by atoms with Gasteiger partial charge in [0.25, 0.3) is 0 Å². The molecule has 1 aromatic carbocycles. The molecular weight excluding hydrogens is 270 g/mol. The summed E-state index contributed by atoms with van der Waals surface area (Å²) < 4.78 is 0. The van der Waals surface area contributed by atoms with Gasteiger partial charge in [-0.1, -0.05) is 33.8 Å². The van der Waals surface area contributed by atoms with Crippen LogP contribution in [0.4, 0.5) is 0 Å². The lowest BCUT2D eigenvalue weighted by molar-refractivity contribution is 0.0691. The molecule has 0 amide bonds. The molecular formula is C12H8BrNO2. The largest absolute Gasteiger partial charge is 0.477 e. The van der Waals surface area contributed by atoms with Crippen molar-refractivity contribution in [1.82, 2.24) is 4.98 Å². The Labute approximate surface area is 101 Å². The number of benzene rings is 1. The van der Waals surface area contributed by atoms with E-state index in [0.717, 1.165) is 16.5 Å². The van der Waals surface area contributed by atoms with Crippen molar-refractivity contribution in [2.75, 3.05) is 5.33 Å². The second-order valence-corrected chi connectivity index (χ2v) is 3.79. The molecule has 80 valence electrons. The van der Waals surface area contributed by atoms with Gasteiger partial charge in [0.2, 0.25) is 0 Å². The van der Waals surface area contributed by atoms with E-state index in [9.17, 15) is 4.79 Å². The molecule has 1 heterocycles. The molecule has 4 heteroatoms. The van der Waals surface area contributed by atoms with E-state index in [1.54, 1.807) is 6.07 Å². The molecule has 2 rings (SSSR count). The number of aromatic carboxylic acids is 1. The first kappa shape index (κ1) is 10.8. The zero-order valence-electron chi connectivity index (χ0n) is 8.25. The highest BCUT2D eigenvalue weighted by molar-refractivity contribution is 9.09. The molecule has 0 spiro atoms. The van der Waals surface area contributed by atoms with E-state index in [0.29, 0.717) is 5.33 Å². The Bertz CT molecular complexity index is 604. The number of nitrogens with one attached hydrogen (secondary N) is 1. The highest BCUT2D eigenvalue weighted by atomic mass is 79.9. The fourth-order valence-corrected chi connectivity index (χ4v) is 1.60. The van der Waals surface area contributed by atoms with Crippen LogP contribution >= 0.6 is 15.9 Å². The summed E-state index contributed by atoms with van der Waals surface area (Å²) in [6.07, 6.45) is 0. The van der Waals surface area contributed by atoms with Crippen molar-refractivity contribution in [3.05, 3.63) is 35.5 Å². The summed E-state index contributed by atoms with van der Waals surface area (Å²) in [7, 11) is 0. The summed E-state index contributed by atoms with van der Waals surface area (Å²) in [6.45, 7) is 0. The van der Waals surface area contributed by atoms with E-state index in [1.165, 1.54) is 0 Å². The normalized spacial score (nSPS) is 9.81. The minimum Gasteiger partial charge on any atom is -0.477 e. The SMILES string of the molecule is O=C(O)c1cc2ccc(C#CCBr)cc2[nH]1. The molecule has 1 aromatic heterocycles. The lowest BCUT2D eigenvalue weighted by Gasteiger charge is -1.91. The maximum absolute atomic E-state index is 10.8. The van der Waals surface area contributed by atoms with Crippen LogP contribution < -0.4 is 0 Å². The van der Waals surface area contributed by atoms with E-state index in [2.05, 4.69) is 32.8 Å². The first-order chi connectivity index (χ1) is 7.70. The number of aromatic amines is 1. The number of halogens is 1. The van der Waals surface area contributed by atoms with Crippen molar-refractivity contribution in [2.24, 2.45) is 0 Å². The number of H-pyrrole nitrogens is 1. The Morgan fingerprint density at radius 1 is 1.44 bits per heavy atom. The zero-order chi connectivity index (χ0) is 11.5. The van der Waals surface area contributed by atoms with Crippen molar-refractivity contribution in [3.8, 4) is 11.8 Å². The molecule has 0 aliphatic heterocycles. The number of fused-ring (bicyclic) bond motifs is 1. The average molecular weight is 278 g/mol. The number of carbonyl (C=O) groups is 1. The summed E-state index contributed by atoms with van der Waals surface area (Å²) >= 11 is 3.22. The predicted octanol–water partition coefficient (Wildman–Crippen LogP) is 2.61. The van der Waals surface area contributed by atoms with Crippen LogP contribution in [0.1, 0.15) is 16.1 Å². The third-order valence-corrected chi connectivity index (χ3v) is 2.43. The zero-order valence-corrected chi connectivity index (χ0v) is 9.84. The van der Waals surface area contributed by atoms with Crippen LogP contribution in [0, 0.1) is 11.8 Å². The van der Waals surface area contributed by atoms with Crippen molar-refractivity contribution < 1.29 is 9.90 Å². The third kappa shape index (κ3) is 2.10. The van der Waals surface area contributed by atoms with Crippen molar-refractivity contribution in [3.63, 3.8) is 0 Å². The number of carboxylic acid groups (broad SMARTS) is 1. The third-order valence-electron chi connectivity index (χ3n) is 2.15. The fourth-order valence-electron chi connectivity index (χ4n) is 1.46. The molecule has 2 aromatic rings. The fraction of sp³-hybridized carbons (Fsp3) is 0.0833. The first-order valence-corrected chi connectivity index (χ1v) is 5.74. The van der Waals surface area contributed by atoms with E-state index < -0.39 is 5.97 Å². The van der Waals surface area contributed by atoms with Gasteiger partial charge in [0.15, 0.2) is 0 Å². The molecule has 0 radical (unpaired) electrons. The van der Waals surface area contributed by atoms with Crippen LogP contribution in [0.3, 0.4) is 0 Å². The number of alkyl halides is 1. The Hall–Kier alpha value is -1.73. The van der Waals surface area contributed by atoms with Gasteiger partial charge in [-0.05, 0) is 18.2 Å². The number of hydrogen-bond donors (Lipinski definition) is 2. The first-order valence-electron chi connectivity index (χ1n) is 4.61. The van der Waals surface area contributed by atoms with Gasteiger partial charge in [-0.25, -0.2) is 4.79 Å².